The number of esters is 1. The Hall–Kier alpha value is -3.88. The average molecular weight is 533 g/mol. The molecule has 1 heterocycles. The summed E-state index contributed by atoms with van der Waals surface area (Å²) in [5.41, 5.74) is 1.89. The summed E-state index contributed by atoms with van der Waals surface area (Å²) in [7, 11) is 3.17. The molecule has 206 valence electrons. The second-order valence-electron chi connectivity index (χ2n) is 9.86. The minimum Gasteiger partial charge on any atom is -0.497 e. The highest BCUT2D eigenvalue weighted by molar-refractivity contribution is 5.95. The van der Waals surface area contributed by atoms with Crippen molar-refractivity contribution in [3.63, 3.8) is 0 Å². The van der Waals surface area contributed by atoms with Gasteiger partial charge < -0.3 is 29.6 Å². The number of unbranched alkanes of at least 4 members (excludes halogenated alkanes) is 1. The van der Waals surface area contributed by atoms with Crippen LogP contribution in [0.4, 0.5) is 0 Å². The highest BCUT2D eigenvalue weighted by Gasteiger charge is 2.30. The van der Waals surface area contributed by atoms with Gasteiger partial charge in [-0.25, -0.2) is 4.79 Å². The van der Waals surface area contributed by atoms with Gasteiger partial charge in [-0.15, -0.1) is 0 Å². The summed E-state index contributed by atoms with van der Waals surface area (Å²) < 4.78 is 16.3. The van der Waals surface area contributed by atoms with Gasteiger partial charge in [0.1, 0.15) is 5.76 Å². The van der Waals surface area contributed by atoms with Gasteiger partial charge in [-0.3, -0.25) is 4.79 Å². The first kappa shape index (κ1) is 28.1. The van der Waals surface area contributed by atoms with Crippen LogP contribution in [-0.2, 0) is 15.9 Å². The molecule has 1 aliphatic carbocycles. The third-order valence-corrected chi connectivity index (χ3v) is 6.97. The summed E-state index contributed by atoms with van der Waals surface area (Å²) in [4.78, 5) is 27.6. The van der Waals surface area contributed by atoms with Gasteiger partial charge in [0, 0.05) is 17.9 Å². The third kappa shape index (κ3) is 7.16. The molecule has 0 fully saturated rings. The lowest BCUT2D eigenvalue weighted by Crippen LogP contribution is -2.34. The molecule has 1 atom stereocenters. The van der Waals surface area contributed by atoms with Gasteiger partial charge in [0.25, 0.3) is 0 Å². The largest absolute Gasteiger partial charge is 0.497 e. The van der Waals surface area contributed by atoms with Crippen LogP contribution in [0.15, 0.2) is 77.0 Å². The number of nitrogens with one attached hydrogen (secondary N) is 2. The number of fused-ring (bicyclic) bond motifs is 1. The predicted octanol–water partition coefficient (Wildman–Crippen LogP) is 4.55. The number of aliphatic hydroxyl groups is 1. The minimum atomic E-state index is -0.957. The molecule has 3 aromatic rings. The first-order valence-corrected chi connectivity index (χ1v) is 13.2. The number of methoxy groups -OCH3 is 2. The molecular formula is C31H36N2O6. The number of aromatic nitrogens is 1. The third-order valence-electron chi connectivity index (χ3n) is 6.97. The van der Waals surface area contributed by atoms with Crippen LogP contribution in [-0.4, -0.2) is 49.0 Å². The number of aromatic amines is 1. The molecule has 1 aromatic heterocycles. The molecule has 8 heteroatoms. The number of hydrogen-bond acceptors (Lipinski definition) is 7. The summed E-state index contributed by atoms with van der Waals surface area (Å²) in [6.07, 6.45) is 7.17. The van der Waals surface area contributed by atoms with Crippen LogP contribution in [0.2, 0.25) is 0 Å². The van der Waals surface area contributed by atoms with Crippen LogP contribution < -0.4 is 15.6 Å². The van der Waals surface area contributed by atoms with E-state index in [1.54, 1.807) is 50.6 Å². The zero-order valence-electron chi connectivity index (χ0n) is 22.7. The van der Waals surface area contributed by atoms with Crippen molar-refractivity contribution >= 4 is 16.9 Å². The van der Waals surface area contributed by atoms with E-state index in [0.29, 0.717) is 47.7 Å². The fourth-order valence-electron chi connectivity index (χ4n) is 4.71. The average Bonchev–Trinajstić information content (AvgIpc) is 2.93. The van der Waals surface area contributed by atoms with E-state index in [-0.39, 0.29) is 5.56 Å². The topological polar surface area (TPSA) is 110 Å². The van der Waals surface area contributed by atoms with Crippen molar-refractivity contribution in [1.82, 2.24) is 10.3 Å². The number of hydrogen-bond donors (Lipinski definition) is 3. The summed E-state index contributed by atoms with van der Waals surface area (Å²) in [6.45, 7) is 3.44. The van der Waals surface area contributed by atoms with Crippen molar-refractivity contribution in [3.05, 3.63) is 99.2 Å². The van der Waals surface area contributed by atoms with Crippen LogP contribution in [0.3, 0.4) is 0 Å². The van der Waals surface area contributed by atoms with Crippen LogP contribution in [0, 0.1) is 6.92 Å². The lowest BCUT2D eigenvalue weighted by Gasteiger charge is -2.29. The smallest absolute Gasteiger partial charge is 0.343 e. The Morgan fingerprint density at radius 3 is 2.56 bits per heavy atom. The highest BCUT2D eigenvalue weighted by Crippen LogP contribution is 2.30. The molecule has 2 aromatic carbocycles. The molecule has 0 aliphatic heterocycles. The highest BCUT2D eigenvalue weighted by atomic mass is 16.5. The van der Waals surface area contributed by atoms with E-state index in [4.69, 9.17) is 14.2 Å². The molecule has 0 amide bonds. The number of allylic oxidation sites excluding steroid dienone is 1. The van der Waals surface area contributed by atoms with Gasteiger partial charge in [0.2, 0.25) is 5.56 Å². The number of rotatable bonds is 12. The van der Waals surface area contributed by atoms with Gasteiger partial charge in [-0.05, 0) is 87.7 Å². The Kier molecular flexibility index (Phi) is 9.22. The summed E-state index contributed by atoms with van der Waals surface area (Å²) in [6, 6.07) is 14.1. The summed E-state index contributed by atoms with van der Waals surface area (Å²) in [5.74, 6) is 1.15. The SMILES string of the molecule is COC1=C(OC)CC(O)(CCNCCCCc2ccc(OC(=O)c3ccc(C)cc3)c3[nH]c(=O)ccc23)C=C1. The van der Waals surface area contributed by atoms with E-state index in [2.05, 4.69) is 10.3 Å². The lowest BCUT2D eigenvalue weighted by atomic mass is 9.90. The van der Waals surface area contributed by atoms with Gasteiger partial charge in [-0.1, -0.05) is 23.8 Å². The molecule has 1 aliphatic rings. The van der Waals surface area contributed by atoms with Crippen molar-refractivity contribution in [1.29, 1.82) is 0 Å². The zero-order chi connectivity index (χ0) is 27.8. The number of aryl methyl sites for hydroxylation is 2. The summed E-state index contributed by atoms with van der Waals surface area (Å²) in [5, 5.41) is 15.1. The fourth-order valence-corrected chi connectivity index (χ4v) is 4.71. The van der Waals surface area contributed by atoms with E-state index in [9.17, 15) is 14.7 Å². The van der Waals surface area contributed by atoms with Crippen molar-refractivity contribution in [2.24, 2.45) is 0 Å². The van der Waals surface area contributed by atoms with Gasteiger partial charge in [0.15, 0.2) is 11.5 Å². The van der Waals surface area contributed by atoms with E-state index >= 15 is 0 Å². The van der Waals surface area contributed by atoms with Crippen molar-refractivity contribution in [2.75, 3.05) is 27.3 Å². The molecule has 1 unspecified atom stereocenters. The van der Waals surface area contributed by atoms with Crippen molar-refractivity contribution in [3.8, 4) is 5.75 Å². The lowest BCUT2D eigenvalue weighted by molar-refractivity contribution is 0.0565. The second-order valence-corrected chi connectivity index (χ2v) is 9.86. The van der Waals surface area contributed by atoms with Gasteiger partial charge in [-0.2, -0.15) is 0 Å². The quantitative estimate of drug-likeness (QED) is 0.178. The maximum Gasteiger partial charge on any atom is 0.343 e. The number of pyridine rings is 1. The van der Waals surface area contributed by atoms with Crippen LogP contribution in [0.5, 0.6) is 5.75 Å². The van der Waals surface area contributed by atoms with Crippen LogP contribution in [0.1, 0.15) is 47.2 Å². The number of carbonyl (C=O) groups excluding carboxylic acids is 1. The number of H-pyrrole nitrogens is 1. The maximum atomic E-state index is 12.7. The van der Waals surface area contributed by atoms with Crippen molar-refractivity contribution < 1.29 is 24.1 Å². The molecule has 0 saturated heterocycles. The number of ether oxygens (including phenoxy) is 3. The normalized spacial score (nSPS) is 16.9. The van der Waals surface area contributed by atoms with Gasteiger partial charge in [0.05, 0.1) is 30.9 Å². The molecule has 0 radical (unpaired) electrons. The number of benzene rings is 2. The Morgan fingerprint density at radius 2 is 1.82 bits per heavy atom. The van der Waals surface area contributed by atoms with Crippen LogP contribution in [0.25, 0.3) is 10.9 Å². The van der Waals surface area contributed by atoms with Crippen molar-refractivity contribution in [2.45, 2.75) is 44.6 Å². The Labute approximate surface area is 228 Å². The second kappa shape index (κ2) is 12.8. The Balaban J connectivity index is 1.29. The molecule has 3 N–H and O–H groups in total. The molecular weight excluding hydrogens is 496 g/mol. The molecule has 8 nitrogen and oxygen atoms in total. The van der Waals surface area contributed by atoms with E-state index in [1.807, 2.05) is 25.1 Å². The first-order chi connectivity index (χ1) is 18.8. The standard InChI is InChI=1S/C31H36N2O6/c1-21-7-9-23(10-8-21)30(35)39-26-13-11-22(24-12-14-28(34)33-29(24)26)6-4-5-18-32-19-17-31(36)16-15-25(37-2)27(20-31)38-3/h7-16,32,36H,4-6,17-20H2,1-3H3,(H,33,34). The maximum absolute atomic E-state index is 12.7. The van der Waals surface area contributed by atoms with Crippen LogP contribution >= 0.6 is 0 Å². The molecule has 0 bridgehead atoms. The van der Waals surface area contributed by atoms with E-state index in [0.717, 1.165) is 42.3 Å². The van der Waals surface area contributed by atoms with E-state index < -0.39 is 11.6 Å². The Morgan fingerprint density at radius 1 is 1.03 bits per heavy atom. The molecule has 4 rings (SSSR count). The zero-order valence-corrected chi connectivity index (χ0v) is 22.7. The Bertz CT molecular complexity index is 1420. The van der Waals surface area contributed by atoms with Gasteiger partial charge >= 0.3 is 5.97 Å². The van der Waals surface area contributed by atoms with E-state index in [1.165, 1.54) is 6.07 Å². The first-order valence-electron chi connectivity index (χ1n) is 13.2. The molecule has 39 heavy (non-hydrogen) atoms. The monoisotopic (exact) mass is 532 g/mol. The molecule has 0 spiro atoms. The minimum absolute atomic E-state index is 0.252. The summed E-state index contributed by atoms with van der Waals surface area (Å²) >= 11 is 0. The fraction of sp³-hybridized carbons (Fsp3) is 0.355. The molecule has 0 saturated carbocycles. The number of carbonyl (C=O) groups is 1. The predicted molar refractivity (Wildman–Crippen MR) is 151 cm³/mol.